The van der Waals surface area contributed by atoms with Crippen molar-refractivity contribution in [2.75, 3.05) is 26.2 Å². The summed E-state index contributed by atoms with van der Waals surface area (Å²) < 4.78 is 1.89. The fraction of sp³-hybridized carbons (Fsp3) is 0.632. The van der Waals surface area contributed by atoms with Crippen LogP contribution in [0.3, 0.4) is 0 Å². The molecule has 2 amide bonds. The molecule has 2 bridgehead atoms. The van der Waals surface area contributed by atoms with E-state index in [9.17, 15) is 14.4 Å². The van der Waals surface area contributed by atoms with Gasteiger partial charge in [0.25, 0.3) is 5.56 Å². The largest absolute Gasteiger partial charge is 0.343 e. The lowest BCUT2D eigenvalue weighted by Gasteiger charge is -2.44. The second-order valence-corrected chi connectivity index (χ2v) is 7.72. The average Bonchev–Trinajstić information content (AvgIpc) is 2.62. The summed E-state index contributed by atoms with van der Waals surface area (Å²) in [4.78, 5) is 40.4. The summed E-state index contributed by atoms with van der Waals surface area (Å²) >= 11 is 0. The van der Waals surface area contributed by atoms with Crippen LogP contribution < -0.4 is 5.56 Å². The zero-order chi connectivity index (χ0) is 17.6. The first-order valence-electron chi connectivity index (χ1n) is 9.27. The first kappa shape index (κ1) is 16.4. The highest BCUT2D eigenvalue weighted by Gasteiger charge is 2.38. The van der Waals surface area contributed by atoms with E-state index in [1.807, 2.05) is 26.5 Å². The molecule has 134 valence electrons. The van der Waals surface area contributed by atoms with Crippen molar-refractivity contribution in [1.29, 1.82) is 0 Å². The predicted molar refractivity (Wildman–Crippen MR) is 93.1 cm³/mol. The van der Waals surface area contributed by atoms with Crippen LogP contribution >= 0.6 is 0 Å². The van der Waals surface area contributed by atoms with Gasteiger partial charge in [0.1, 0.15) is 0 Å². The highest BCUT2D eigenvalue weighted by Crippen LogP contribution is 2.36. The fourth-order valence-electron chi connectivity index (χ4n) is 4.78. The molecular weight excluding hydrogens is 318 g/mol. The number of carbonyl (C=O) groups excluding carboxylic acids is 2. The molecule has 2 fully saturated rings. The van der Waals surface area contributed by atoms with Gasteiger partial charge in [-0.05, 0) is 31.2 Å². The number of amides is 2. The minimum Gasteiger partial charge on any atom is -0.343 e. The number of pyridine rings is 1. The number of nitrogens with zero attached hydrogens (tertiary/aromatic N) is 3. The lowest BCUT2D eigenvalue weighted by atomic mass is 9.82. The van der Waals surface area contributed by atoms with Gasteiger partial charge >= 0.3 is 0 Å². The molecule has 0 aliphatic carbocycles. The second-order valence-electron chi connectivity index (χ2n) is 7.72. The molecule has 0 N–H and O–H groups in total. The van der Waals surface area contributed by atoms with Gasteiger partial charge in [-0.2, -0.15) is 0 Å². The molecule has 4 rings (SSSR count). The number of likely N-dealkylation sites (tertiary alicyclic amines) is 2. The Morgan fingerprint density at radius 3 is 2.52 bits per heavy atom. The van der Waals surface area contributed by atoms with Crippen LogP contribution in [0.2, 0.25) is 0 Å². The molecule has 4 heterocycles. The summed E-state index contributed by atoms with van der Waals surface area (Å²) in [7, 11) is 0. The van der Waals surface area contributed by atoms with Gasteiger partial charge in [-0.25, -0.2) is 0 Å². The first-order chi connectivity index (χ1) is 12.0. The van der Waals surface area contributed by atoms with E-state index < -0.39 is 0 Å². The highest BCUT2D eigenvalue weighted by molar-refractivity contribution is 5.80. The van der Waals surface area contributed by atoms with Crippen LogP contribution in [0.4, 0.5) is 0 Å². The Labute approximate surface area is 147 Å². The molecule has 1 aromatic heterocycles. The highest BCUT2D eigenvalue weighted by atomic mass is 16.2. The SMILES string of the molecule is CC(=O)N1CCC(C(=O)N2CC3CC(C2)c2cccc(=O)n2C3)CC1. The molecule has 3 aliphatic heterocycles. The van der Waals surface area contributed by atoms with Crippen LogP contribution in [0.5, 0.6) is 0 Å². The minimum atomic E-state index is 0.0346. The molecular formula is C19H25N3O3. The van der Waals surface area contributed by atoms with Crippen LogP contribution in [0.1, 0.15) is 37.8 Å². The van der Waals surface area contributed by atoms with E-state index in [4.69, 9.17) is 0 Å². The van der Waals surface area contributed by atoms with Crippen LogP contribution in [0.25, 0.3) is 0 Å². The molecule has 0 saturated carbocycles. The minimum absolute atomic E-state index is 0.0346. The molecule has 6 nitrogen and oxygen atoms in total. The summed E-state index contributed by atoms with van der Waals surface area (Å²) in [6, 6.07) is 5.48. The standard InChI is InChI=1S/C19H25N3O3/c1-13(23)20-7-5-15(6-8-20)19(25)21-10-14-9-16(12-21)17-3-2-4-18(24)22(17)11-14/h2-4,14-16H,5-12H2,1H3. The molecule has 1 aromatic rings. The van der Waals surface area contributed by atoms with Crippen LogP contribution in [0.15, 0.2) is 23.0 Å². The maximum absolute atomic E-state index is 13.0. The van der Waals surface area contributed by atoms with E-state index in [0.29, 0.717) is 25.6 Å². The molecule has 0 spiro atoms. The topological polar surface area (TPSA) is 62.6 Å². The number of carbonyl (C=O) groups is 2. The maximum Gasteiger partial charge on any atom is 0.250 e. The first-order valence-corrected chi connectivity index (χ1v) is 9.27. The van der Waals surface area contributed by atoms with Gasteiger partial charge < -0.3 is 14.4 Å². The molecule has 6 heteroatoms. The smallest absolute Gasteiger partial charge is 0.250 e. The maximum atomic E-state index is 13.0. The van der Waals surface area contributed by atoms with E-state index in [1.54, 1.807) is 13.0 Å². The van der Waals surface area contributed by atoms with E-state index in [2.05, 4.69) is 0 Å². The number of piperidine rings is 2. The number of hydrogen-bond acceptors (Lipinski definition) is 3. The van der Waals surface area contributed by atoms with Gasteiger partial charge in [-0.15, -0.1) is 0 Å². The van der Waals surface area contributed by atoms with Crippen LogP contribution in [-0.4, -0.2) is 52.4 Å². The zero-order valence-corrected chi connectivity index (χ0v) is 14.7. The van der Waals surface area contributed by atoms with Gasteiger partial charge in [-0.3, -0.25) is 14.4 Å². The van der Waals surface area contributed by atoms with Crippen molar-refractivity contribution in [3.8, 4) is 0 Å². The molecule has 2 saturated heterocycles. The van der Waals surface area contributed by atoms with Crippen molar-refractivity contribution >= 4 is 11.8 Å². The monoisotopic (exact) mass is 343 g/mol. The molecule has 0 radical (unpaired) electrons. The molecule has 25 heavy (non-hydrogen) atoms. The normalized spacial score (nSPS) is 26.3. The van der Waals surface area contributed by atoms with Gasteiger partial charge in [0.15, 0.2) is 0 Å². The Morgan fingerprint density at radius 1 is 1.04 bits per heavy atom. The van der Waals surface area contributed by atoms with Crippen molar-refractivity contribution in [3.63, 3.8) is 0 Å². The van der Waals surface area contributed by atoms with Gasteiger partial charge in [0.05, 0.1) is 0 Å². The molecule has 2 atom stereocenters. The Hall–Kier alpha value is -2.11. The third kappa shape index (κ3) is 2.98. The fourth-order valence-corrected chi connectivity index (χ4v) is 4.78. The number of aromatic nitrogens is 1. The third-order valence-corrected chi connectivity index (χ3v) is 6.08. The molecule has 0 aromatic carbocycles. The number of rotatable bonds is 1. The van der Waals surface area contributed by atoms with E-state index in [0.717, 1.165) is 38.0 Å². The molecule has 2 unspecified atom stereocenters. The Kier molecular flexibility index (Phi) is 4.13. The zero-order valence-electron chi connectivity index (χ0n) is 14.7. The summed E-state index contributed by atoms with van der Waals surface area (Å²) in [5.74, 6) is 1.01. The summed E-state index contributed by atoms with van der Waals surface area (Å²) in [6.07, 6.45) is 2.59. The average molecular weight is 343 g/mol. The van der Waals surface area contributed by atoms with Crippen molar-refractivity contribution in [1.82, 2.24) is 14.4 Å². The van der Waals surface area contributed by atoms with Gasteiger partial charge in [0, 0.05) is 63.2 Å². The predicted octanol–water partition coefficient (Wildman–Crippen LogP) is 1.05. The quantitative estimate of drug-likeness (QED) is 0.766. The van der Waals surface area contributed by atoms with Crippen molar-refractivity contribution in [2.45, 2.75) is 38.6 Å². The third-order valence-electron chi connectivity index (χ3n) is 6.08. The molecule has 3 aliphatic rings. The summed E-state index contributed by atoms with van der Waals surface area (Å²) in [6.45, 7) is 5.15. The second kappa shape index (κ2) is 6.32. The lowest BCUT2D eigenvalue weighted by molar-refractivity contribution is -0.142. The lowest BCUT2D eigenvalue weighted by Crippen LogP contribution is -2.51. The van der Waals surface area contributed by atoms with E-state index in [-0.39, 0.29) is 29.2 Å². The Balaban J connectivity index is 1.46. The van der Waals surface area contributed by atoms with E-state index >= 15 is 0 Å². The summed E-state index contributed by atoms with van der Waals surface area (Å²) in [5.41, 5.74) is 1.15. The van der Waals surface area contributed by atoms with Crippen molar-refractivity contribution in [2.24, 2.45) is 11.8 Å². The summed E-state index contributed by atoms with van der Waals surface area (Å²) in [5, 5.41) is 0. The number of fused-ring (bicyclic) bond motifs is 4. The van der Waals surface area contributed by atoms with Gasteiger partial charge in [-0.1, -0.05) is 6.07 Å². The Bertz CT molecular complexity index is 749. The van der Waals surface area contributed by atoms with Crippen molar-refractivity contribution < 1.29 is 9.59 Å². The van der Waals surface area contributed by atoms with Crippen LogP contribution in [0, 0.1) is 11.8 Å². The Morgan fingerprint density at radius 2 is 1.80 bits per heavy atom. The van der Waals surface area contributed by atoms with Crippen LogP contribution in [-0.2, 0) is 16.1 Å². The van der Waals surface area contributed by atoms with Gasteiger partial charge in [0.2, 0.25) is 11.8 Å². The van der Waals surface area contributed by atoms with Crippen molar-refractivity contribution in [3.05, 3.63) is 34.2 Å². The van der Waals surface area contributed by atoms with E-state index in [1.165, 1.54) is 0 Å². The number of hydrogen-bond donors (Lipinski definition) is 0.